The summed E-state index contributed by atoms with van der Waals surface area (Å²) in [5, 5.41) is 0. The molecule has 3 aliphatic rings. The molecule has 2 unspecified atom stereocenters. The molecule has 3 fully saturated rings. The zero-order valence-electron chi connectivity index (χ0n) is 19.7. The molecule has 33 heavy (non-hydrogen) atoms. The summed E-state index contributed by atoms with van der Waals surface area (Å²) in [6.45, 7) is 5.34. The van der Waals surface area contributed by atoms with Crippen LogP contribution in [-0.4, -0.2) is 52.8 Å². The molecule has 2 atom stereocenters. The second-order valence-electron chi connectivity index (χ2n) is 10.3. The van der Waals surface area contributed by atoms with Crippen LogP contribution in [0.15, 0.2) is 42.7 Å². The first-order valence-corrected chi connectivity index (χ1v) is 12.6. The van der Waals surface area contributed by atoms with Gasteiger partial charge in [-0.15, -0.1) is 0 Å². The minimum atomic E-state index is 0.201. The van der Waals surface area contributed by atoms with E-state index in [0.717, 1.165) is 62.1 Å². The summed E-state index contributed by atoms with van der Waals surface area (Å²) in [6.07, 6.45) is 11.0. The van der Waals surface area contributed by atoms with Crippen LogP contribution < -0.4 is 0 Å². The summed E-state index contributed by atoms with van der Waals surface area (Å²) in [4.78, 5) is 34.7. The Morgan fingerprint density at radius 1 is 0.939 bits per heavy atom. The third-order valence-corrected chi connectivity index (χ3v) is 8.01. The summed E-state index contributed by atoms with van der Waals surface area (Å²) < 4.78 is 0. The van der Waals surface area contributed by atoms with Crippen LogP contribution in [0.4, 0.5) is 0 Å². The summed E-state index contributed by atoms with van der Waals surface area (Å²) in [6, 6.07) is 10.3. The van der Waals surface area contributed by atoms with Gasteiger partial charge in [0.15, 0.2) is 0 Å². The highest BCUT2D eigenvalue weighted by molar-refractivity contribution is 5.96. The fraction of sp³-hybridized carbons (Fsp3) is 0.536. The summed E-state index contributed by atoms with van der Waals surface area (Å²) in [5.41, 5.74) is 4.24. The molecule has 1 aromatic heterocycles. The van der Waals surface area contributed by atoms with E-state index in [1.807, 2.05) is 36.2 Å². The van der Waals surface area contributed by atoms with Crippen LogP contribution in [-0.2, 0) is 11.2 Å². The molecule has 2 aliphatic heterocycles. The monoisotopic (exact) mass is 445 g/mol. The molecule has 3 heterocycles. The van der Waals surface area contributed by atoms with Gasteiger partial charge in [-0.1, -0.05) is 30.7 Å². The quantitative estimate of drug-likeness (QED) is 0.676. The lowest BCUT2D eigenvalue weighted by Gasteiger charge is -2.36. The van der Waals surface area contributed by atoms with Crippen LogP contribution in [0.5, 0.6) is 0 Å². The fourth-order valence-corrected chi connectivity index (χ4v) is 5.92. The average Bonchev–Trinajstić information content (AvgIpc) is 3.28. The number of carbonyl (C=O) groups excluding carboxylic acids is 2. The number of nitrogens with zero attached hydrogens (tertiary/aromatic N) is 3. The molecular weight excluding hydrogens is 410 g/mol. The number of aromatic nitrogens is 1. The SMILES string of the molecule is Cc1cncc(CC(=O)N2CCCC(C3CCN(C(=O)c4ccccc4C4CCC4)C3)C2)c1. The van der Waals surface area contributed by atoms with Crippen molar-refractivity contribution in [3.63, 3.8) is 0 Å². The highest BCUT2D eigenvalue weighted by atomic mass is 16.2. The Morgan fingerprint density at radius 2 is 1.73 bits per heavy atom. The van der Waals surface area contributed by atoms with Crippen molar-refractivity contribution in [1.82, 2.24) is 14.8 Å². The van der Waals surface area contributed by atoms with Crippen molar-refractivity contribution in [2.75, 3.05) is 26.2 Å². The van der Waals surface area contributed by atoms with E-state index in [1.165, 1.54) is 24.8 Å². The molecule has 2 saturated heterocycles. The standard InChI is InChI=1S/C28H35N3O2/c1-20-14-21(17-29-16-20)15-27(32)30-12-5-8-23(18-30)24-11-13-31(19-24)28(33)26-10-3-2-9-25(26)22-6-4-7-22/h2-3,9-10,14,16-17,22-24H,4-8,11-13,15,18-19H2,1H3. The molecule has 5 heteroatoms. The molecule has 0 radical (unpaired) electrons. The lowest BCUT2D eigenvalue weighted by atomic mass is 9.78. The number of hydrogen-bond donors (Lipinski definition) is 0. The smallest absolute Gasteiger partial charge is 0.254 e. The van der Waals surface area contributed by atoms with Crippen molar-refractivity contribution in [2.45, 2.75) is 57.8 Å². The van der Waals surface area contributed by atoms with Gasteiger partial charge < -0.3 is 9.80 Å². The van der Waals surface area contributed by atoms with Gasteiger partial charge in [-0.25, -0.2) is 0 Å². The lowest BCUT2D eigenvalue weighted by Crippen LogP contribution is -2.43. The maximum absolute atomic E-state index is 13.4. The van der Waals surface area contributed by atoms with E-state index >= 15 is 0 Å². The Morgan fingerprint density at radius 3 is 2.52 bits per heavy atom. The van der Waals surface area contributed by atoms with Crippen molar-refractivity contribution in [3.05, 3.63) is 65.0 Å². The number of carbonyl (C=O) groups is 2. The van der Waals surface area contributed by atoms with Gasteiger partial charge in [-0.05, 0) is 79.5 Å². The molecule has 1 aromatic carbocycles. The van der Waals surface area contributed by atoms with Crippen molar-refractivity contribution >= 4 is 11.8 Å². The number of piperidine rings is 1. The molecule has 5 nitrogen and oxygen atoms in total. The number of rotatable bonds is 5. The van der Waals surface area contributed by atoms with Gasteiger partial charge in [0.25, 0.3) is 5.91 Å². The molecule has 2 aromatic rings. The van der Waals surface area contributed by atoms with Crippen molar-refractivity contribution < 1.29 is 9.59 Å². The number of amides is 2. The van der Waals surface area contributed by atoms with Crippen LogP contribution in [0.2, 0.25) is 0 Å². The Labute approximate surface area is 197 Å². The van der Waals surface area contributed by atoms with Crippen LogP contribution in [0.3, 0.4) is 0 Å². The number of likely N-dealkylation sites (tertiary alicyclic amines) is 2. The van der Waals surface area contributed by atoms with Gasteiger partial charge in [0.2, 0.25) is 5.91 Å². The normalized spacial score (nSPS) is 23.4. The Kier molecular flexibility index (Phi) is 6.48. The van der Waals surface area contributed by atoms with Gasteiger partial charge in [-0.2, -0.15) is 0 Å². The van der Waals surface area contributed by atoms with Gasteiger partial charge in [0.1, 0.15) is 0 Å². The third kappa shape index (κ3) is 4.83. The maximum atomic E-state index is 13.4. The Balaban J connectivity index is 1.20. The van der Waals surface area contributed by atoms with Crippen LogP contribution >= 0.6 is 0 Å². The van der Waals surface area contributed by atoms with E-state index in [4.69, 9.17) is 0 Å². The van der Waals surface area contributed by atoms with Crippen molar-refractivity contribution in [1.29, 1.82) is 0 Å². The number of aryl methyl sites for hydroxylation is 1. The molecule has 5 rings (SSSR count). The number of benzene rings is 1. The van der Waals surface area contributed by atoms with Gasteiger partial charge in [0.05, 0.1) is 6.42 Å². The van der Waals surface area contributed by atoms with Gasteiger partial charge >= 0.3 is 0 Å². The minimum absolute atomic E-state index is 0.201. The van der Waals surface area contributed by atoms with E-state index in [1.54, 1.807) is 6.20 Å². The second kappa shape index (κ2) is 9.66. The van der Waals surface area contributed by atoms with Crippen LogP contribution in [0, 0.1) is 18.8 Å². The van der Waals surface area contributed by atoms with Gasteiger partial charge in [0, 0.05) is 44.1 Å². The van der Waals surface area contributed by atoms with E-state index in [0.29, 0.717) is 24.2 Å². The maximum Gasteiger partial charge on any atom is 0.254 e. The number of hydrogen-bond acceptors (Lipinski definition) is 3. The molecule has 0 N–H and O–H groups in total. The van der Waals surface area contributed by atoms with Crippen molar-refractivity contribution in [2.24, 2.45) is 11.8 Å². The second-order valence-corrected chi connectivity index (χ2v) is 10.3. The number of pyridine rings is 1. The first-order valence-electron chi connectivity index (χ1n) is 12.6. The van der Waals surface area contributed by atoms with E-state index < -0.39 is 0 Å². The summed E-state index contributed by atoms with van der Waals surface area (Å²) in [5.74, 6) is 1.94. The average molecular weight is 446 g/mol. The molecule has 1 aliphatic carbocycles. The van der Waals surface area contributed by atoms with Crippen LogP contribution in [0.1, 0.15) is 71.5 Å². The largest absolute Gasteiger partial charge is 0.342 e. The van der Waals surface area contributed by atoms with Crippen molar-refractivity contribution in [3.8, 4) is 0 Å². The molecule has 1 saturated carbocycles. The minimum Gasteiger partial charge on any atom is -0.342 e. The fourth-order valence-electron chi connectivity index (χ4n) is 5.92. The topological polar surface area (TPSA) is 53.5 Å². The Hall–Kier alpha value is -2.69. The zero-order chi connectivity index (χ0) is 22.8. The highest BCUT2D eigenvalue weighted by Gasteiger charge is 2.36. The Bertz CT molecular complexity index is 1020. The lowest BCUT2D eigenvalue weighted by molar-refractivity contribution is -0.132. The predicted molar refractivity (Wildman–Crippen MR) is 129 cm³/mol. The first-order chi connectivity index (χ1) is 16.1. The highest BCUT2D eigenvalue weighted by Crippen LogP contribution is 2.39. The van der Waals surface area contributed by atoms with E-state index in [9.17, 15) is 9.59 Å². The van der Waals surface area contributed by atoms with Crippen LogP contribution in [0.25, 0.3) is 0 Å². The molecule has 0 spiro atoms. The summed E-state index contributed by atoms with van der Waals surface area (Å²) in [7, 11) is 0. The molecule has 174 valence electrons. The van der Waals surface area contributed by atoms with Gasteiger partial charge in [-0.3, -0.25) is 14.6 Å². The third-order valence-electron chi connectivity index (χ3n) is 8.01. The summed E-state index contributed by atoms with van der Waals surface area (Å²) >= 11 is 0. The molecular formula is C28H35N3O2. The zero-order valence-corrected chi connectivity index (χ0v) is 19.7. The molecule has 2 amide bonds. The van der Waals surface area contributed by atoms with E-state index in [2.05, 4.69) is 22.0 Å². The molecule has 0 bridgehead atoms. The first kappa shape index (κ1) is 22.1. The predicted octanol–water partition coefficient (Wildman–Crippen LogP) is 4.60. The van der Waals surface area contributed by atoms with E-state index in [-0.39, 0.29) is 11.8 Å².